The monoisotopic (exact) mass is 304 g/mol. The number of rotatable bonds is 2. The molecule has 0 bridgehead atoms. The van der Waals surface area contributed by atoms with Gasteiger partial charge in [-0.2, -0.15) is 0 Å². The Morgan fingerprint density at radius 2 is 2.06 bits per heavy atom. The zero-order chi connectivity index (χ0) is 12.5. The number of aliphatic hydroxyl groups is 1. The van der Waals surface area contributed by atoms with Crippen LogP contribution in [0.15, 0.2) is 16.6 Å². The molecule has 2 rings (SSSR count). The molecule has 1 aromatic carbocycles. The minimum Gasteiger partial charge on any atom is -0.494 e. The van der Waals surface area contributed by atoms with Gasteiger partial charge in [0.25, 0.3) is 0 Å². The maximum Gasteiger partial charge on any atom is 0.171 e. The molecule has 1 fully saturated rings. The van der Waals surface area contributed by atoms with Crippen molar-refractivity contribution < 1.29 is 19.0 Å². The quantitative estimate of drug-likeness (QED) is 0.913. The average molecular weight is 305 g/mol. The first-order chi connectivity index (χ1) is 8.07. The van der Waals surface area contributed by atoms with Gasteiger partial charge in [-0.15, -0.1) is 0 Å². The highest BCUT2D eigenvalue weighted by molar-refractivity contribution is 9.10. The van der Waals surface area contributed by atoms with Gasteiger partial charge in [0.15, 0.2) is 11.6 Å². The average Bonchev–Trinajstić information content (AvgIpc) is 2.32. The Kier molecular flexibility index (Phi) is 3.70. The molecule has 0 saturated carbocycles. The summed E-state index contributed by atoms with van der Waals surface area (Å²) in [5.41, 5.74) is -0.897. The van der Waals surface area contributed by atoms with Crippen LogP contribution in [0.3, 0.4) is 0 Å². The zero-order valence-corrected chi connectivity index (χ0v) is 11.1. The van der Waals surface area contributed by atoms with E-state index in [1.807, 2.05) is 0 Å². The van der Waals surface area contributed by atoms with Crippen molar-refractivity contribution in [1.82, 2.24) is 0 Å². The number of ether oxygens (including phenoxy) is 2. The minimum atomic E-state index is -1.17. The molecule has 17 heavy (non-hydrogen) atoms. The summed E-state index contributed by atoms with van der Waals surface area (Å²) < 4.78 is 25.0. The normalized spacial score (nSPS) is 19.1. The Morgan fingerprint density at radius 1 is 1.41 bits per heavy atom. The smallest absolute Gasteiger partial charge is 0.171 e. The van der Waals surface area contributed by atoms with Gasteiger partial charge in [-0.3, -0.25) is 0 Å². The second-order valence-electron chi connectivity index (χ2n) is 4.11. The van der Waals surface area contributed by atoms with Crippen molar-refractivity contribution in [3.63, 3.8) is 0 Å². The van der Waals surface area contributed by atoms with E-state index < -0.39 is 11.4 Å². The molecule has 5 heteroatoms. The van der Waals surface area contributed by atoms with Crippen LogP contribution in [0.25, 0.3) is 0 Å². The molecule has 0 atom stereocenters. The molecule has 0 amide bonds. The van der Waals surface area contributed by atoms with Gasteiger partial charge in [0.2, 0.25) is 0 Å². The van der Waals surface area contributed by atoms with E-state index in [1.54, 1.807) is 12.1 Å². The maximum atomic E-state index is 14.1. The third-order valence-electron chi connectivity index (χ3n) is 3.05. The van der Waals surface area contributed by atoms with Crippen LogP contribution in [-0.4, -0.2) is 25.4 Å². The summed E-state index contributed by atoms with van der Waals surface area (Å²) in [7, 11) is 1.41. The number of benzene rings is 1. The molecule has 94 valence electrons. The van der Waals surface area contributed by atoms with Crippen LogP contribution >= 0.6 is 15.9 Å². The van der Waals surface area contributed by atoms with E-state index in [0.29, 0.717) is 30.5 Å². The second kappa shape index (κ2) is 4.92. The van der Waals surface area contributed by atoms with E-state index in [2.05, 4.69) is 15.9 Å². The van der Waals surface area contributed by atoms with E-state index in [-0.39, 0.29) is 11.3 Å². The van der Waals surface area contributed by atoms with Crippen molar-refractivity contribution in [2.24, 2.45) is 0 Å². The molecule has 0 unspecified atom stereocenters. The highest BCUT2D eigenvalue weighted by Gasteiger charge is 2.35. The summed E-state index contributed by atoms with van der Waals surface area (Å²) in [5, 5.41) is 10.5. The summed E-state index contributed by atoms with van der Waals surface area (Å²) in [6.07, 6.45) is 0.785. The van der Waals surface area contributed by atoms with Gasteiger partial charge in [-0.1, -0.05) is 15.9 Å². The van der Waals surface area contributed by atoms with Gasteiger partial charge in [0, 0.05) is 36.1 Å². The summed E-state index contributed by atoms with van der Waals surface area (Å²) in [4.78, 5) is 0. The molecule has 1 N–H and O–H groups in total. The molecule has 0 spiro atoms. The van der Waals surface area contributed by atoms with E-state index in [9.17, 15) is 9.50 Å². The van der Waals surface area contributed by atoms with Gasteiger partial charge in [0.1, 0.15) is 0 Å². The van der Waals surface area contributed by atoms with Crippen LogP contribution in [0.2, 0.25) is 0 Å². The molecule has 0 aromatic heterocycles. The largest absolute Gasteiger partial charge is 0.494 e. The fourth-order valence-electron chi connectivity index (χ4n) is 2.03. The molecule has 1 aliphatic rings. The molecule has 1 aromatic rings. The van der Waals surface area contributed by atoms with E-state index >= 15 is 0 Å². The minimum absolute atomic E-state index is 0.134. The Bertz CT molecular complexity index is 416. The van der Waals surface area contributed by atoms with Crippen LogP contribution < -0.4 is 4.74 Å². The first-order valence-electron chi connectivity index (χ1n) is 5.40. The Morgan fingerprint density at radius 3 is 2.65 bits per heavy atom. The molecule has 1 aliphatic heterocycles. The topological polar surface area (TPSA) is 38.7 Å². The lowest BCUT2D eigenvalue weighted by Crippen LogP contribution is -2.34. The van der Waals surface area contributed by atoms with Crippen LogP contribution in [0.4, 0.5) is 4.39 Å². The number of hydrogen-bond acceptors (Lipinski definition) is 3. The van der Waals surface area contributed by atoms with Gasteiger partial charge in [-0.25, -0.2) is 4.39 Å². The van der Waals surface area contributed by atoms with Crippen molar-refractivity contribution in [2.75, 3.05) is 20.3 Å². The zero-order valence-electron chi connectivity index (χ0n) is 9.50. The first-order valence-corrected chi connectivity index (χ1v) is 6.20. The molecular formula is C12H14BrFO3. The number of halogens is 2. The Balaban J connectivity index is 2.46. The molecule has 0 aliphatic carbocycles. The van der Waals surface area contributed by atoms with Crippen molar-refractivity contribution in [3.8, 4) is 5.75 Å². The summed E-state index contributed by atoms with van der Waals surface area (Å²) >= 11 is 3.29. The van der Waals surface area contributed by atoms with Crippen LogP contribution in [-0.2, 0) is 10.3 Å². The van der Waals surface area contributed by atoms with Crippen LogP contribution in [0.5, 0.6) is 5.75 Å². The third kappa shape index (κ3) is 2.46. The van der Waals surface area contributed by atoms with Crippen molar-refractivity contribution in [2.45, 2.75) is 18.4 Å². The number of hydrogen-bond donors (Lipinski definition) is 1. The molecular weight excluding hydrogens is 291 g/mol. The van der Waals surface area contributed by atoms with E-state index in [0.717, 1.165) is 0 Å². The van der Waals surface area contributed by atoms with E-state index in [1.165, 1.54) is 7.11 Å². The van der Waals surface area contributed by atoms with E-state index in [4.69, 9.17) is 9.47 Å². The predicted octanol–water partition coefficient (Wildman–Crippen LogP) is 2.59. The number of methoxy groups -OCH3 is 1. The van der Waals surface area contributed by atoms with Gasteiger partial charge < -0.3 is 14.6 Å². The first kappa shape index (κ1) is 12.8. The second-order valence-corrected chi connectivity index (χ2v) is 5.03. The fourth-order valence-corrected chi connectivity index (χ4v) is 2.47. The van der Waals surface area contributed by atoms with Gasteiger partial charge in [-0.05, 0) is 12.1 Å². The molecule has 0 radical (unpaired) electrons. The third-order valence-corrected chi connectivity index (χ3v) is 3.50. The summed E-state index contributed by atoms with van der Waals surface area (Å²) in [5.74, 6) is -0.366. The van der Waals surface area contributed by atoms with Crippen molar-refractivity contribution in [1.29, 1.82) is 0 Å². The molecule has 1 heterocycles. The highest BCUT2D eigenvalue weighted by atomic mass is 79.9. The fraction of sp³-hybridized carbons (Fsp3) is 0.500. The van der Waals surface area contributed by atoms with Crippen LogP contribution in [0, 0.1) is 5.82 Å². The van der Waals surface area contributed by atoms with Crippen LogP contribution in [0.1, 0.15) is 18.4 Å². The molecule has 3 nitrogen and oxygen atoms in total. The predicted molar refractivity (Wildman–Crippen MR) is 64.6 cm³/mol. The maximum absolute atomic E-state index is 14.1. The lowest BCUT2D eigenvalue weighted by molar-refractivity contribution is -0.0700. The SMILES string of the molecule is COc1cc(Br)cc(C2(O)CCOCC2)c1F. The lowest BCUT2D eigenvalue weighted by Gasteiger charge is -2.33. The standard InChI is InChI=1S/C12H14BrFO3/c1-16-10-7-8(13)6-9(11(10)14)12(15)2-4-17-5-3-12/h6-7,15H,2-5H2,1H3. The van der Waals surface area contributed by atoms with Gasteiger partial charge >= 0.3 is 0 Å². The van der Waals surface area contributed by atoms with Gasteiger partial charge in [0.05, 0.1) is 12.7 Å². The molecule has 1 saturated heterocycles. The summed E-state index contributed by atoms with van der Waals surface area (Å²) in [6.45, 7) is 0.871. The Labute approximate surface area is 108 Å². The summed E-state index contributed by atoms with van der Waals surface area (Å²) in [6, 6.07) is 3.14. The highest BCUT2D eigenvalue weighted by Crippen LogP contribution is 2.38. The Hall–Kier alpha value is -0.650. The lowest BCUT2D eigenvalue weighted by atomic mass is 9.86. The van der Waals surface area contributed by atoms with Crippen molar-refractivity contribution in [3.05, 3.63) is 28.0 Å². The van der Waals surface area contributed by atoms with Crippen molar-refractivity contribution >= 4 is 15.9 Å².